The van der Waals surface area contributed by atoms with E-state index in [9.17, 15) is 9.59 Å². The van der Waals surface area contributed by atoms with Crippen LogP contribution in [0.4, 0.5) is 0 Å². The number of tetrazole rings is 1. The number of nitrogens with zero attached hydrogens (tertiary/aromatic N) is 7. The maximum Gasteiger partial charge on any atom is 0.254 e. The number of amides is 2. The fraction of sp³-hybridized carbons (Fsp3) is 0.550. The van der Waals surface area contributed by atoms with Crippen molar-refractivity contribution in [3.63, 3.8) is 0 Å². The first-order valence-electron chi connectivity index (χ1n) is 10.3. The van der Waals surface area contributed by atoms with Crippen molar-refractivity contribution in [3.8, 4) is 5.69 Å². The summed E-state index contributed by atoms with van der Waals surface area (Å²) < 4.78 is 1.53. The number of hydrogen-bond acceptors (Lipinski definition) is 6. The molecule has 0 aliphatic carbocycles. The molecule has 2 saturated heterocycles. The fourth-order valence-electron chi connectivity index (χ4n) is 4.10. The van der Waals surface area contributed by atoms with Gasteiger partial charge in [-0.1, -0.05) is 6.07 Å². The van der Waals surface area contributed by atoms with Crippen molar-refractivity contribution in [2.24, 2.45) is 0 Å². The molecule has 29 heavy (non-hydrogen) atoms. The molecule has 3 heterocycles. The van der Waals surface area contributed by atoms with Gasteiger partial charge in [0.2, 0.25) is 5.91 Å². The average Bonchev–Trinajstić information content (AvgIpc) is 3.29. The van der Waals surface area contributed by atoms with Crippen molar-refractivity contribution < 1.29 is 9.59 Å². The molecule has 0 spiro atoms. The Morgan fingerprint density at radius 3 is 2.66 bits per heavy atom. The van der Waals surface area contributed by atoms with Crippen molar-refractivity contribution in [2.45, 2.75) is 32.2 Å². The second-order valence-electron chi connectivity index (χ2n) is 7.81. The number of likely N-dealkylation sites (tertiary alicyclic amines) is 1. The van der Waals surface area contributed by atoms with Crippen LogP contribution in [-0.2, 0) is 4.79 Å². The Morgan fingerprint density at radius 2 is 1.93 bits per heavy atom. The monoisotopic (exact) mass is 397 g/mol. The molecule has 0 saturated carbocycles. The minimum atomic E-state index is -0.00412. The van der Waals surface area contributed by atoms with Gasteiger partial charge in [-0.2, -0.15) is 0 Å². The molecule has 1 aromatic carbocycles. The summed E-state index contributed by atoms with van der Waals surface area (Å²) in [6, 6.07) is 7.64. The zero-order chi connectivity index (χ0) is 20.2. The van der Waals surface area contributed by atoms with Crippen LogP contribution >= 0.6 is 0 Å². The summed E-state index contributed by atoms with van der Waals surface area (Å²) >= 11 is 0. The number of carbonyl (C=O) groups excluding carboxylic acids is 2. The number of benzene rings is 1. The average molecular weight is 397 g/mol. The molecule has 1 atom stereocenters. The molecule has 4 rings (SSSR count). The first kappa shape index (κ1) is 19.5. The zero-order valence-corrected chi connectivity index (χ0v) is 16.8. The van der Waals surface area contributed by atoms with Crippen LogP contribution in [0.1, 0.15) is 36.5 Å². The Balaban J connectivity index is 1.32. The van der Waals surface area contributed by atoms with Gasteiger partial charge in [-0.15, -0.1) is 5.10 Å². The topological polar surface area (TPSA) is 87.5 Å². The standard InChI is InChI=1S/C20H27N7O2/c1-16-5-2-3-8-26(16)19(28)14-24-9-11-25(12-10-24)20(29)17-6-4-7-18(13-17)27-15-21-22-23-27/h4,6-7,13,15-16H,2-3,5,8-12,14H2,1H3. The lowest BCUT2D eigenvalue weighted by Gasteiger charge is -2.38. The van der Waals surface area contributed by atoms with E-state index in [1.807, 2.05) is 28.0 Å². The molecule has 0 bridgehead atoms. The summed E-state index contributed by atoms with van der Waals surface area (Å²) in [5.74, 6) is 0.210. The largest absolute Gasteiger partial charge is 0.339 e. The second-order valence-corrected chi connectivity index (χ2v) is 7.81. The van der Waals surface area contributed by atoms with Crippen LogP contribution in [0.5, 0.6) is 0 Å². The number of carbonyl (C=O) groups is 2. The Morgan fingerprint density at radius 1 is 1.10 bits per heavy atom. The molecule has 1 aromatic heterocycles. The van der Waals surface area contributed by atoms with Crippen LogP contribution in [-0.4, -0.2) is 92.0 Å². The maximum atomic E-state index is 12.9. The van der Waals surface area contributed by atoms with Gasteiger partial charge < -0.3 is 9.80 Å². The minimum absolute atomic E-state index is 0.00412. The van der Waals surface area contributed by atoms with E-state index in [1.165, 1.54) is 17.4 Å². The molecular weight excluding hydrogens is 370 g/mol. The van der Waals surface area contributed by atoms with Crippen molar-refractivity contribution >= 4 is 11.8 Å². The van der Waals surface area contributed by atoms with E-state index in [0.29, 0.717) is 44.3 Å². The third-order valence-corrected chi connectivity index (χ3v) is 5.85. The molecule has 9 heteroatoms. The highest BCUT2D eigenvalue weighted by atomic mass is 16.2. The fourth-order valence-corrected chi connectivity index (χ4v) is 4.10. The normalized spacial score (nSPS) is 20.7. The molecule has 2 aromatic rings. The number of piperidine rings is 1. The lowest BCUT2D eigenvalue weighted by atomic mass is 10.0. The van der Waals surface area contributed by atoms with E-state index in [2.05, 4.69) is 27.3 Å². The summed E-state index contributed by atoms with van der Waals surface area (Å²) in [6.07, 6.45) is 4.91. The van der Waals surface area contributed by atoms with Gasteiger partial charge in [0.15, 0.2) is 0 Å². The van der Waals surface area contributed by atoms with Gasteiger partial charge in [0.05, 0.1) is 12.2 Å². The van der Waals surface area contributed by atoms with E-state index in [1.54, 1.807) is 6.07 Å². The number of hydrogen-bond donors (Lipinski definition) is 0. The van der Waals surface area contributed by atoms with Crippen LogP contribution in [0.25, 0.3) is 5.69 Å². The zero-order valence-electron chi connectivity index (χ0n) is 16.8. The van der Waals surface area contributed by atoms with Gasteiger partial charge in [0, 0.05) is 44.3 Å². The lowest BCUT2D eigenvalue weighted by Crippen LogP contribution is -2.53. The van der Waals surface area contributed by atoms with Gasteiger partial charge in [0.25, 0.3) is 5.91 Å². The summed E-state index contributed by atoms with van der Waals surface area (Å²) in [6.45, 7) is 6.13. The first-order valence-corrected chi connectivity index (χ1v) is 10.3. The van der Waals surface area contributed by atoms with Gasteiger partial charge in [0.1, 0.15) is 6.33 Å². The Labute approximate surface area is 170 Å². The summed E-state index contributed by atoms with van der Waals surface area (Å²) in [5, 5.41) is 11.1. The number of aromatic nitrogens is 4. The molecule has 2 fully saturated rings. The smallest absolute Gasteiger partial charge is 0.254 e. The third-order valence-electron chi connectivity index (χ3n) is 5.85. The van der Waals surface area contributed by atoms with Crippen LogP contribution in [0, 0.1) is 0 Å². The second kappa shape index (κ2) is 8.69. The highest BCUT2D eigenvalue weighted by Crippen LogP contribution is 2.17. The van der Waals surface area contributed by atoms with Gasteiger partial charge in [-0.25, -0.2) is 4.68 Å². The molecular formula is C20H27N7O2. The molecule has 2 amide bonds. The van der Waals surface area contributed by atoms with E-state index < -0.39 is 0 Å². The Hall–Kier alpha value is -2.81. The SMILES string of the molecule is CC1CCCCN1C(=O)CN1CCN(C(=O)c2cccc(-n3cnnn3)c2)CC1. The highest BCUT2D eigenvalue weighted by Gasteiger charge is 2.27. The van der Waals surface area contributed by atoms with Gasteiger partial charge in [-0.3, -0.25) is 14.5 Å². The van der Waals surface area contributed by atoms with Crippen molar-refractivity contribution in [2.75, 3.05) is 39.3 Å². The molecule has 0 N–H and O–H groups in total. The van der Waals surface area contributed by atoms with Crippen LogP contribution in [0.3, 0.4) is 0 Å². The molecule has 2 aliphatic rings. The van der Waals surface area contributed by atoms with Crippen molar-refractivity contribution in [1.29, 1.82) is 0 Å². The quantitative estimate of drug-likeness (QED) is 0.759. The van der Waals surface area contributed by atoms with Crippen LogP contribution < -0.4 is 0 Å². The highest BCUT2D eigenvalue weighted by molar-refractivity contribution is 5.94. The molecule has 154 valence electrons. The molecule has 2 aliphatic heterocycles. The molecule has 1 unspecified atom stereocenters. The predicted molar refractivity (Wildman–Crippen MR) is 107 cm³/mol. The summed E-state index contributed by atoms with van der Waals surface area (Å²) in [4.78, 5) is 31.6. The van der Waals surface area contributed by atoms with Crippen LogP contribution in [0.15, 0.2) is 30.6 Å². The maximum absolute atomic E-state index is 12.9. The molecule has 0 radical (unpaired) electrons. The summed E-state index contributed by atoms with van der Waals surface area (Å²) in [5.41, 5.74) is 1.37. The Bertz CT molecular complexity index is 846. The minimum Gasteiger partial charge on any atom is -0.339 e. The van der Waals surface area contributed by atoms with Gasteiger partial charge >= 0.3 is 0 Å². The lowest BCUT2D eigenvalue weighted by molar-refractivity contribution is -0.136. The van der Waals surface area contributed by atoms with Gasteiger partial charge in [-0.05, 0) is 54.8 Å². The summed E-state index contributed by atoms with van der Waals surface area (Å²) in [7, 11) is 0. The van der Waals surface area contributed by atoms with E-state index >= 15 is 0 Å². The third kappa shape index (κ3) is 4.45. The number of piperazine rings is 1. The van der Waals surface area contributed by atoms with E-state index in [-0.39, 0.29) is 11.8 Å². The Kier molecular flexibility index (Phi) is 5.84. The first-order chi connectivity index (χ1) is 14.1. The molecule has 9 nitrogen and oxygen atoms in total. The van der Waals surface area contributed by atoms with E-state index in [4.69, 9.17) is 0 Å². The number of rotatable bonds is 4. The van der Waals surface area contributed by atoms with Crippen molar-refractivity contribution in [1.82, 2.24) is 34.9 Å². The van der Waals surface area contributed by atoms with E-state index in [0.717, 1.165) is 25.1 Å². The van der Waals surface area contributed by atoms with Crippen LogP contribution in [0.2, 0.25) is 0 Å². The van der Waals surface area contributed by atoms with Crippen molar-refractivity contribution in [3.05, 3.63) is 36.2 Å². The predicted octanol–water partition coefficient (Wildman–Crippen LogP) is 0.821.